The third-order valence-corrected chi connectivity index (χ3v) is 1.89. The first-order chi connectivity index (χ1) is 7.61. The molecule has 5 heteroatoms. The number of ether oxygens (including phenoxy) is 2. The lowest BCUT2D eigenvalue weighted by atomic mass is 10.3. The van der Waals surface area contributed by atoms with Gasteiger partial charge in [0.15, 0.2) is 0 Å². The SMILES string of the molecule is COC(N)COc1ccc(NC(C)=O)cc1. The number of carbonyl (C=O) groups excluding carboxylic acids is 1. The maximum atomic E-state index is 10.8. The van der Waals surface area contributed by atoms with Gasteiger partial charge in [-0.3, -0.25) is 4.79 Å². The Kier molecular flexibility index (Phi) is 4.75. The van der Waals surface area contributed by atoms with Crippen molar-refractivity contribution in [3.8, 4) is 5.75 Å². The Morgan fingerprint density at radius 2 is 2.06 bits per heavy atom. The van der Waals surface area contributed by atoms with Gasteiger partial charge < -0.3 is 20.5 Å². The molecule has 3 N–H and O–H groups in total. The smallest absolute Gasteiger partial charge is 0.221 e. The molecule has 0 aliphatic carbocycles. The number of benzene rings is 1. The zero-order valence-corrected chi connectivity index (χ0v) is 9.40. The van der Waals surface area contributed by atoms with E-state index in [1.165, 1.54) is 14.0 Å². The zero-order chi connectivity index (χ0) is 12.0. The van der Waals surface area contributed by atoms with Crippen LogP contribution in [0.1, 0.15) is 6.92 Å². The molecule has 1 aromatic carbocycles. The monoisotopic (exact) mass is 224 g/mol. The minimum absolute atomic E-state index is 0.102. The fourth-order valence-corrected chi connectivity index (χ4v) is 1.08. The second-order valence-corrected chi connectivity index (χ2v) is 3.29. The summed E-state index contributed by atoms with van der Waals surface area (Å²) in [7, 11) is 1.52. The van der Waals surface area contributed by atoms with Crippen LogP contribution in [0.2, 0.25) is 0 Å². The van der Waals surface area contributed by atoms with E-state index in [1.807, 2.05) is 0 Å². The van der Waals surface area contributed by atoms with Gasteiger partial charge in [-0.05, 0) is 24.3 Å². The average molecular weight is 224 g/mol. The molecule has 1 rings (SSSR count). The van der Waals surface area contributed by atoms with Crippen LogP contribution in [0.4, 0.5) is 5.69 Å². The van der Waals surface area contributed by atoms with Crippen molar-refractivity contribution in [2.75, 3.05) is 19.0 Å². The van der Waals surface area contributed by atoms with Crippen molar-refractivity contribution < 1.29 is 14.3 Å². The van der Waals surface area contributed by atoms with Gasteiger partial charge in [-0.2, -0.15) is 0 Å². The predicted octanol–water partition coefficient (Wildman–Crippen LogP) is 0.955. The minimum Gasteiger partial charge on any atom is -0.489 e. The van der Waals surface area contributed by atoms with Gasteiger partial charge in [0.05, 0.1) is 0 Å². The largest absolute Gasteiger partial charge is 0.489 e. The Balaban J connectivity index is 2.48. The van der Waals surface area contributed by atoms with Crippen LogP contribution >= 0.6 is 0 Å². The summed E-state index contributed by atoms with van der Waals surface area (Å²) in [4.78, 5) is 10.8. The quantitative estimate of drug-likeness (QED) is 0.730. The molecule has 0 aliphatic rings. The molecule has 16 heavy (non-hydrogen) atoms. The summed E-state index contributed by atoms with van der Waals surface area (Å²) in [6.45, 7) is 1.75. The standard InChI is InChI=1S/C11H16N2O3/c1-8(14)13-9-3-5-10(6-4-9)16-7-11(12)15-2/h3-6,11H,7,12H2,1-2H3,(H,13,14). The number of carbonyl (C=O) groups is 1. The van der Waals surface area contributed by atoms with Gasteiger partial charge in [-0.25, -0.2) is 0 Å². The molecule has 0 aromatic heterocycles. The molecule has 1 unspecified atom stereocenters. The van der Waals surface area contributed by atoms with E-state index in [2.05, 4.69) is 5.32 Å². The number of hydrogen-bond acceptors (Lipinski definition) is 4. The summed E-state index contributed by atoms with van der Waals surface area (Å²) in [6.07, 6.45) is -0.435. The lowest BCUT2D eigenvalue weighted by molar-refractivity contribution is -0.114. The topological polar surface area (TPSA) is 73.6 Å². The first kappa shape index (κ1) is 12.5. The third kappa shape index (κ3) is 4.29. The summed E-state index contributed by atoms with van der Waals surface area (Å²) >= 11 is 0. The molecule has 0 saturated carbocycles. The maximum absolute atomic E-state index is 10.8. The number of nitrogens with one attached hydrogen (secondary N) is 1. The summed E-state index contributed by atoms with van der Waals surface area (Å²) in [5.41, 5.74) is 6.24. The number of anilines is 1. The van der Waals surface area contributed by atoms with Crippen molar-refractivity contribution in [1.29, 1.82) is 0 Å². The van der Waals surface area contributed by atoms with E-state index in [0.29, 0.717) is 5.75 Å². The normalized spacial score (nSPS) is 11.9. The molecule has 0 heterocycles. The highest BCUT2D eigenvalue weighted by molar-refractivity contribution is 5.88. The number of hydrogen-bond donors (Lipinski definition) is 2. The summed E-state index contributed by atoms with van der Waals surface area (Å²) in [6, 6.07) is 7.03. The molecule has 88 valence electrons. The van der Waals surface area contributed by atoms with Crippen LogP contribution in [0.25, 0.3) is 0 Å². The maximum Gasteiger partial charge on any atom is 0.221 e. The molecule has 5 nitrogen and oxygen atoms in total. The van der Waals surface area contributed by atoms with Crippen LogP contribution in [0.3, 0.4) is 0 Å². The van der Waals surface area contributed by atoms with Crippen molar-refractivity contribution in [3.63, 3.8) is 0 Å². The van der Waals surface area contributed by atoms with E-state index in [1.54, 1.807) is 24.3 Å². The Labute approximate surface area is 94.5 Å². The summed E-state index contributed by atoms with van der Waals surface area (Å²) in [5.74, 6) is 0.580. The molecular formula is C11H16N2O3. The Morgan fingerprint density at radius 3 is 2.56 bits per heavy atom. The van der Waals surface area contributed by atoms with Gasteiger partial charge in [-0.1, -0.05) is 0 Å². The number of methoxy groups -OCH3 is 1. The highest BCUT2D eigenvalue weighted by atomic mass is 16.5. The molecular weight excluding hydrogens is 208 g/mol. The summed E-state index contributed by atoms with van der Waals surface area (Å²) < 4.78 is 10.2. The number of rotatable bonds is 5. The molecule has 0 bridgehead atoms. The molecule has 1 aromatic rings. The van der Waals surface area contributed by atoms with E-state index >= 15 is 0 Å². The molecule has 0 saturated heterocycles. The Hall–Kier alpha value is -1.59. The van der Waals surface area contributed by atoms with Crippen LogP contribution < -0.4 is 15.8 Å². The highest BCUT2D eigenvalue weighted by Gasteiger charge is 2.01. The molecule has 0 spiro atoms. The van der Waals surface area contributed by atoms with Crippen molar-refractivity contribution >= 4 is 11.6 Å². The van der Waals surface area contributed by atoms with Gasteiger partial charge in [0.1, 0.15) is 18.6 Å². The van der Waals surface area contributed by atoms with Crippen molar-refractivity contribution in [1.82, 2.24) is 0 Å². The molecule has 0 radical (unpaired) electrons. The lowest BCUT2D eigenvalue weighted by Crippen LogP contribution is -2.29. The van der Waals surface area contributed by atoms with Crippen LogP contribution in [0.5, 0.6) is 5.75 Å². The number of amides is 1. The van der Waals surface area contributed by atoms with Crippen LogP contribution in [0.15, 0.2) is 24.3 Å². The second kappa shape index (κ2) is 6.09. The van der Waals surface area contributed by atoms with Gasteiger partial charge in [0.25, 0.3) is 0 Å². The highest BCUT2D eigenvalue weighted by Crippen LogP contribution is 2.15. The Morgan fingerprint density at radius 1 is 1.44 bits per heavy atom. The van der Waals surface area contributed by atoms with Gasteiger partial charge in [0, 0.05) is 19.7 Å². The Bertz CT molecular complexity index is 338. The fraction of sp³-hybridized carbons (Fsp3) is 0.364. The molecule has 0 aliphatic heterocycles. The van der Waals surface area contributed by atoms with Crippen LogP contribution in [-0.4, -0.2) is 25.9 Å². The van der Waals surface area contributed by atoms with E-state index in [-0.39, 0.29) is 12.5 Å². The first-order valence-corrected chi connectivity index (χ1v) is 4.90. The van der Waals surface area contributed by atoms with E-state index < -0.39 is 6.23 Å². The second-order valence-electron chi connectivity index (χ2n) is 3.29. The van der Waals surface area contributed by atoms with Crippen molar-refractivity contribution in [2.45, 2.75) is 13.2 Å². The van der Waals surface area contributed by atoms with E-state index in [9.17, 15) is 4.79 Å². The van der Waals surface area contributed by atoms with Crippen LogP contribution in [-0.2, 0) is 9.53 Å². The molecule has 1 amide bonds. The summed E-state index contributed by atoms with van der Waals surface area (Å²) in [5, 5.41) is 2.66. The van der Waals surface area contributed by atoms with Crippen molar-refractivity contribution in [2.24, 2.45) is 5.73 Å². The molecule has 1 atom stereocenters. The minimum atomic E-state index is -0.435. The predicted molar refractivity (Wildman–Crippen MR) is 61.2 cm³/mol. The zero-order valence-electron chi connectivity index (χ0n) is 9.40. The average Bonchev–Trinajstić information content (AvgIpc) is 2.27. The van der Waals surface area contributed by atoms with Crippen molar-refractivity contribution in [3.05, 3.63) is 24.3 Å². The fourth-order valence-electron chi connectivity index (χ4n) is 1.08. The first-order valence-electron chi connectivity index (χ1n) is 4.90. The van der Waals surface area contributed by atoms with Gasteiger partial charge >= 0.3 is 0 Å². The third-order valence-electron chi connectivity index (χ3n) is 1.89. The van der Waals surface area contributed by atoms with E-state index in [0.717, 1.165) is 5.69 Å². The van der Waals surface area contributed by atoms with E-state index in [4.69, 9.17) is 15.2 Å². The number of nitrogens with two attached hydrogens (primary N) is 1. The van der Waals surface area contributed by atoms with Crippen LogP contribution in [0, 0.1) is 0 Å². The van der Waals surface area contributed by atoms with Gasteiger partial charge in [-0.15, -0.1) is 0 Å². The lowest BCUT2D eigenvalue weighted by Gasteiger charge is -2.11. The van der Waals surface area contributed by atoms with Gasteiger partial charge in [0.2, 0.25) is 5.91 Å². The molecule has 0 fully saturated rings.